The molecule has 1 aliphatic heterocycles. The smallest absolute Gasteiger partial charge is 0.315 e. The zero-order valence-electron chi connectivity index (χ0n) is 17.7. The van der Waals surface area contributed by atoms with E-state index in [0.717, 1.165) is 12.0 Å². The van der Waals surface area contributed by atoms with Gasteiger partial charge < -0.3 is 14.0 Å². The van der Waals surface area contributed by atoms with E-state index >= 15 is 0 Å². The van der Waals surface area contributed by atoms with Gasteiger partial charge in [0.15, 0.2) is 0 Å². The second-order valence-electron chi connectivity index (χ2n) is 7.01. The van der Waals surface area contributed by atoms with E-state index in [9.17, 15) is 10.1 Å². The van der Waals surface area contributed by atoms with Crippen molar-refractivity contribution < 1.29 is 18.9 Å². The summed E-state index contributed by atoms with van der Waals surface area (Å²) in [5, 5.41) is 11.6. The molecule has 1 aliphatic rings. The maximum Gasteiger partial charge on any atom is 0.315 e. The van der Waals surface area contributed by atoms with Gasteiger partial charge in [0.25, 0.3) is 0 Å². The van der Waals surface area contributed by atoms with Crippen molar-refractivity contribution in [3.63, 3.8) is 0 Å². The van der Waals surface area contributed by atoms with Crippen LogP contribution in [0.4, 0.5) is 5.69 Å². The Morgan fingerprint density at radius 3 is 2.81 bits per heavy atom. The third-order valence-electron chi connectivity index (χ3n) is 4.75. The number of rotatable bonds is 9. The number of nitro groups is 1. The highest BCUT2D eigenvalue weighted by atomic mass is 31.2. The number of nitro benzene ring substituents is 1. The molecule has 0 radical (unpaired) electrons. The highest BCUT2D eigenvalue weighted by Crippen LogP contribution is 2.47. The molecular weight excluding hydrogens is 415 g/mol. The molecule has 2 aromatic carbocycles. The zero-order chi connectivity index (χ0) is 22.2. The minimum atomic E-state index is -1.21. The Morgan fingerprint density at radius 1 is 1.35 bits per heavy atom. The Hall–Kier alpha value is -2.73. The van der Waals surface area contributed by atoms with Gasteiger partial charge in [-0.05, 0) is 37.1 Å². The summed E-state index contributed by atoms with van der Waals surface area (Å²) in [5.74, 6) is 1.12. The third kappa shape index (κ3) is 6.14. The molecule has 2 atom stereocenters. The van der Waals surface area contributed by atoms with Crippen molar-refractivity contribution in [1.82, 2.24) is 0 Å². The molecule has 0 saturated heterocycles. The lowest BCUT2D eigenvalue weighted by Gasteiger charge is -2.28. The van der Waals surface area contributed by atoms with Crippen molar-refractivity contribution in [2.24, 2.45) is 5.50 Å². The highest BCUT2D eigenvalue weighted by Gasteiger charge is 2.30. The summed E-state index contributed by atoms with van der Waals surface area (Å²) in [4.78, 5) is 11.2. The quantitative estimate of drug-likeness (QED) is 0.164. The van der Waals surface area contributed by atoms with Gasteiger partial charge in [0, 0.05) is 18.1 Å². The summed E-state index contributed by atoms with van der Waals surface area (Å²) in [6, 6.07) is 13.0. The fourth-order valence-corrected chi connectivity index (χ4v) is 4.41. The van der Waals surface area contributed by atoms with Crippen LogP contribution in [0, 0.1) is 10.1 Å². The van der Waals surface area contributed by atoms with Gasteiger partial charge in [0.2, 0.25) is 5.75 Å². The normalized spacial score (nSPS) is 17.1. The van der Waals surface area contributed by atoms with Gasteiger partial charge in [-0.25, -0.2) is 0 Å². The third-order valence-corrected chi connectivity index (χ3v) is 5.95. The summed E-state index contributed by atoms with van der Waals surface area (Å²) >= 11 is 0. The van der Waals surface area contributed by atoms with E-state index in [1.807, 2.05) is 50.3 Å². The Labute approximate surface area is 183 Å². The number of ether oxygens (including phenoxy) is 2. The Balaban J connectivity index is 1.86. The van der Waals surface area contributed by atoms with Gasteiger partial charge in [-0.15, -0.1) is 0 Å². The first-order valence-electron chi connectivity index (χ1n) is 10.2. The minimum absolute atomic E-state index is 0.150. The molecule has 8 heteroatoms. The Morgan fingerprint density at radius 2 is 2.13 bits per heavy atom. The van der Waals surface area contributed by atoms with Crippen molar-refractivity contribution in [2.75, 3.05) is 6.61 Å². The number of nitrogens with two attached hydrogens (primary N) is 1. The van der Waals surface area contributed by atoms with Crippen LogP contribution in [0.25, 0.3) is 0 Å². The van der Waals surface area contributed by atoms with E-state index in [1.165, 1.54) is 6.07 Å². The second kappa shape index (κ2) is 11.0. The molecule has 164 valence electrons. The van der Waals surface area contributed by atoms with Gasteiger partial charge in [-0.1, -0.05) is 43.3 Å². The predicted molar refractivity (Wildman–Crippen MR) is 122 cm³/mol. The molecule has 0 saturated carbocycles. The van der Waals surface area contributed by atoms with Gasteiger partial charge in [0.1, 0.15) is 19.8 Å². The van der Waals surface area contributed by atoms with Crippen LogP contribution in [0.1, 0.15) is 43.9 Å². The van der Waals surface area contributed by atoms with E-state index in [0.29, 0.717) is 36.3 Å². The van der Waals surface area contributed by atoms with Gasteiger partial charge in [0.05, 0.1) is 23.7 Å². The molecule has 2 unspecified atom stereocenters. The molecule has 0 spiro atoms. The summed E-state index contributed by atoms with van der Waals surface area (Å²) in [7, 11) is -1.21. The standard InChI is InChI=1S/C23H27N2O5P/c1-3-5-11-18(4-2)29-23-14-19-21(12-13-28-22(19)15-20(23)25(26)27)30-31(24)16-17-9-7-6-8-10-17/h4-11,14-15,21H,3,12-13,16,24H2,1-2H3/b11-5-,18-4+. The van der Waals surface area contributed by atoms with Crippen LogP contribution in [0.3, 0.4) is 0 Å². The Bertz CT molecular complexity index is 962. The average Bonchev–Trinajstić information content (AvgIpc) is 2.77. The van der Waals surface area contributed by atoms with E-state index in [2.05, 4.69) is 0 Å². The monoisotopic (exact) mass is 442 g/mol. The molecule has 0 aliphatic carbocycles. The van der Waals surface area contributed by atoms with Crippen molar-refractivity contribution in [3.8, 4) is 11.5 Å². The van der Waals surface area contributed by atoms with Gasteiger partial charge in [-0.3, -0.25) is 15.6 Å². The number of allylic oxidation sites excluding steroid dienone is 3. The van der Waals surface area contributed by atoms with Crippen LogP contribution < -0.4 is 15.0 Å². The lowest BCUT2D eigenvalue weighted by molar-refractivity contribution is -0.385. The SMILES string of the molecule is C/C=C(\C=C/CC)Oc1cc2c(cc1[N+](=O)[O-])OCCC2OP(N)Cc1ccccc1. The van der Waals surface area contributed by atoms with Crippen LogP contribution in [0.5, 0.6) is 11.5 Å². The highest BCUT2D eigenvalue weighted by molar-refractivity contribution is 7.49. The van der Waals surface area contributed by atoms with Crippen molar-refractivity contribution in [1.29, 1.82) is 0 Å². The zero-order valence-corrected chi connectivity index (χ0v) is 18.6. The van der Waals surface area contributed by atoms with Crippen molar-refractivity contribution in [2.45, 2.75) is 39.0 Å². The molecule has 2 aromatic rings. The fourth-order valence-electron chi connectivity index (χ4n) is 3.22. The molecule has 0 fully saturated rings. The number of fused-ring (bicyclic) bond motifs is 1. The number of benzene rings is 2. The Kier molecular flexibility index (Phi) is 8.18. The largest absolute Gasteiger partial charge is 0.493 e. The number of nitrogens with zero attached hydrogens (tertiary/aromatic N) is 1. The van der Waals surface area contributed by atoms with E-state index in [4.69, 9.17) is 19.5 Å². The van der Waals surface area contributed by atoms with E-state index in [-0.39, 0.29) is 17.5 Å². The summed E-state index contributed by atoms with van der Waals surface area (Å²) in [6.07, 6.45) is 7.25. The first kappa shape index (κ1) is 22.9. The van der Waals surface area contributed by atoms with Crippen LogP contribution >= 0.6 is 8.30 Å². The van der Waals surface area contributed by atoms with Crippen molar-refractivity contribution >= 4 is 14.0 Å². The maximum atomic E-state index is 11.6. The van der Waals surface area contributed by atoms with Crippen LogP contribution in [-0.2, 0) is 10.7 Å². The molecule has 7 nitrogen and oxygen atoms in total. The first-order chi connectivity index (χ1) is 15.0. The second-order valence-corrected chi connectivity index (χ2v) is 8.37. The molecule has 0 aromatic heterocycles. The topological polar surface area (TPSA) is 96.9 Å². The molecule has 0 bridgehead atoms. The van der Waals surface area contributed by atoms with Gasteiger partial charge in [-0.2, -0.15) is 0 Å². The summed E-state index contributed by atoms with van der Waals surface area (Å²) < 4.78 is 17.7. The lowest BCUT2D eigenvalue weighted by atomic mass is 10.0. The molecule has 1 heterocycles. The summed E-state index contributed by atoms with van der Waals surface area (Å²) in [5.41, 5.74) is 7.98. The van der Waals surface area contributed by atoms with Gasteiger partial charge >= 0.3 is 5.69 Å². The predicted octanol–water partition coefficient (Wildman–Crippen LogP) is 6.15. The molecule has 31 heavy (non-hydrogen) atoms. The van der Waals surface area contributed by atoms with Crippen LogP contribution in [0.2, 0.25) is 0 Å². The first-order valence-corrected chi connectivity index (χ1v) is 11.7. The molecule has 3 rings (SSSR count). The van der Waals surface area contributed by atoms with Crippen LogP contribution in [0.15, 0.2) is 66.5 Å². The number of hydrogen-bond acceptors (Lipinski definition) is 6. The summed E-state index contributed by atoms with van der Waals surface area (Å²) in [6.45, 7) is 4.23. The number of hydrogen-bond donors (Lipinski definition) is 1. The average molecular weight is 442 g/mol. The van der Waals surface area contributed by atoms with E-state index < -0.39 is 13.2 Å². The molecule has 0 amide bonds. The van der Waals surface area contributed by atoms with E-state index in [1.54, 1.807) is 18.2 Å². The lowest BCUT2D eigenvalue weighted by Crippen LogP contribution is -2.17. The maximum absolute atomic E-state index is 11.6. The molecular formula is C23H27N2O5P. The fraction of sp³-hybridized carbons (Fsp3) is 0.304. The van der Waals surface area contributed by atoms with Crippen molar-refractivity contribution in [3.05, 3.63) is 87.7 Å². The van der Waals surface area contributed by atoms with Crippen LogP contribution in [-0.4, -0.2) is 11.5 Å². The molecule has 2 N–H and O–H groups in total. The minimum Gasteiger partial charge on any atom is -0.493 e.